The lowest BCUT2D eigenvalue weighted by Crippen LogP contribution is -2.37. The lowest BCUT2D eigenvalue weighted by atomic mass is 9.71. The van der Waals surface area contributed by atoms with Crippen molar-refractivity contribution in [3.8, 4) is 0 Å². The molecule has 1 aliphatic heterocycles. The number of nitrogens with zero attached hydrogens (tertiary/aromatic N) is 1. The first-order valence-corrected chi connectivity index (χ1v) is 7.17. The van der Waals surface area contributed by atoms with E-state index in [1.807, 2.05) is 38.1 Å². The van der Waals surface area contributed by atoms with Gasteiger partial charge in [-0.25, -0.2) is 4.90 Å². The summed E-state index contributed by atoms with van der Waals surface area (Å²) in [6.45, 7) is 3.95. The van der Waals surface area contributed by atoms with Gasteiger partial charge in [0.05, 0.1) is 17.0 Å². The van der Waals surface area contributed by atoms with Gasteiger partial charge in [0.15, 0.2) is 0 Å². The number of fused-ring (bicyclic) bond motifs is 5. The SMILES string of the molecule is Cc1cccc(N2C(=O)[C@H]3[C@@H]4C=C[C@@H](C4)[C@@]3(C)C2=O)c1. The fourth-order valence-electron chi connectivity index (χ4n) is 4.32. The summed E-state index contributed by atoms with van der Waals surface area (Å²) in [5.41, 5.74) is 1.25. The van der Waals surface area contributed by atoms with Crippen LogP contribution in [-0.2, 0) is 9.59 Å². The Bertz CT molecular complexity index is 663. The van der Waals surface area contributed by atoms with E-state index >= 15 is 0 Å². The minimum absolute atomic E-state index is 0.0139. The smallest absolute Gasteiger partial charge is 0.241 e. The Kier molecular flexibility index (Phi) is 2.14. The number of imide groups is 1. The van der Waals surface area contributed by atoms with E-state index in [0.717, 1.165) is 17.7 Å². The van der Waals surface area contributed by atoms with Crippen LogP contribution in [0.2, 0.25) is 0 Å². The molecule has 2 bridgehead atoms. The monoisotopic (exact) mass is 267 g/mol. The van der Waals surface area contributed by atoms with Crippen LogP contribution in [0.25, 0.3) is 0 Å². The van der Waals surface area contributed by atoms with Crippen molar-refractivity contribution in [1.29, 1.82) is 0 Å². The molecular weight excluding hydrogens is 250 g/mol. The fourth-order valence-corrected chi connectivity index (χ4v) is 4.32. The van der Waals surface area contributed by atoms with Crippen LogP contribution < -0.4 is 4.90 Å². The molecule has 0 aromatic heterocycles. The standard InChI is InChI=1S/C17H17NO2/c1-10-4-3-5-13(8-10)18-15(19)14-11-6-7-12(9-11)17(14,2)16(18)20/h3-8,11-12,14H,9H2,1-2H3/t11-,12+,14-,17-/m1/s1. The summed E-state index contributed by atoms with van der Waals surface area (Å²) in [6, 6.07) is 7.63. The highest BCUT2D eigenvalue weighted by Gasteiger charge is 2.67. The van der Waals surface area contributed by atoms with Crippen LogP contribution in [0.4, 0.5) is 5.69 Å². The van der Waals surface area contributed by atoms with Crippen molar-refractivity contribution in [2.45, 2.75) is 20.3 Å². The highest BCUT2D eigenvalue weighted by atomic mass is 16.2. The quantitative estimate of drug-likeness (QED) is 0.579. The van der Waals surface area contributed by atoms with E-state index in [9.17, 15) is 9.59 Å². The summed E-state index contributed by atoms with van der Waals surface area (Å²) in [7, 11) is 0. The molecule has 0 radical (unpaired) electrons. The Balaban J connectivity index is 1.82. The number of aryl methyl sites for hydroxylation is 1. The van der Waals surface area contributed by atoms with E-state index in [0.29, 0.717) is 0 Å². The molecule has 4 atom stereocenters. The molecule has 3 heteroatoms. The molecule has 20 heavy (non-hydrogen) atoms. The van der Waals surface area contributed by atoms with Gasteiger partial charge in [-0.3, -0.25) is 9.59 Å². The number of rotatable bonds is 1. The zero-order chi connectivity index (χ0) is 14.1. The molecule has 2 fully saturated rings. The third-order valence-electron chi connectivity index (χ3n) is 5.37. The number of carbonyl (C=O) groups excluding carboxylic acids is 2. The Morgan fingerprint density at radius 1 is 1.25 bits per heavy atom. The molecule has 3 aliphatic rings. The van der Waals surface area contributed by atoms with Crippen molar-refractivity contribution in [2.24, 2.45) is 23.2 Å². The molecule has 2 aliphatic carbocycles. The maximum atomic E-state index is 12.9. The van der Waals surface area contributed by atoms with E-state index < -0.39 is 5.41 Å². The summed E-state index contributed by atoms with van der Waals surface area (Å²) in [5, 5.41) is 0. The molecule has 4 rings (SSSR count). The zero-order valence-corrected chi connectivity index (χ0v) is 11.7. The van der Waals surface area contributed by atoms with Gasteiger partial charge in [-0.15, -0.1) is 0 Å². The number of allylic oxidation sites excluding steroid dienone is 2. The number of amides is 2. The van der Waals surface area contributed by atoms with Crippen LogP contribution in [0.1, 0.15) is 18.9 Å². The topological polar surface area (TPSA) is 37.4 Å². The van der Waals surface area contributed by atoms with Gasteiger partial charge in [-0.2, -0.15) is 0 Å². The summed E-state index contributed by atoms with van der Waals surface area (Å²) < 4.78 is 0. The van der Waals surface area contributed by atoms with Gasteiger partial charge in [0.2, 0.25) is 11.8 Å². The number of anilines is 1. The number of hydrogen-bond donors (Lipinski definition) is 0. The second kappa shape index (κ2) is 3.60. The van der Waals surface area contributed by atoms with Gasteiger partial charge in [0, 0.05) is 0 Å². The molecule has 0 spiro atoms. The Hall–Kier alpha value is -1.90. The Morgan fingerprint density at radius 3 is 2.75 bits per heavy atom. The first-order valence-electron chi connectivity index (χ1n) is 7.17. The summed E-state index contributed by atoms with van der Waals surface area (Å²) >= 11 is 0. The van der Waals surface area contributed by atoms with E-state index in [1.165, 1.54) is 4.90 Å². The van der Waals surface area contributed by atoms with Crippen LogP contribution in [0.3, 0.4) is 0 Å². The fraction of sp³-hybridized carbons (Fsp3) is 0.412. The minimum Gasteiger partial charge on any atom is -0.274 e. The molecule has 0 N–H and O–H groups in total. The average molecular weight is 267 g/mol. The van der Waals surface area contributed by atoms with Crippen molar-refractivity contribution in [3.05, 3.63) is 42.0 Å². The molecule has 1 heterocycles. The summed E-state index contributed by atoms with van der Waals surface area (Å²) in [4.78, 5) is 27.1. The third kappa shape index (κ3) is 1.21. The molecule has 1 aromatic rings. The first-order chi connectivity index (χ1) is 9.53. The van der Waals surface area contributed by atoms with Crippen LogP contribution >= 0.6 is 0 Å². The van der Waals surface area contributed by atoms with E-state index in [2.05, 4.69) is 12.2 Å². The van der Waals surface area contributed by atoms with Gasteiger partial charge in [0.1, 0.15) is 0 Å². The van der Waals surface area contributed by atoms with E-state index in [-0.39, 0.29) is 29.6 Å². The second-order valence-corrected chi connectivity index (χ2v) is 6.47. The Morgan fingerprint density at radius 2 is 2.05 bits per heavy atom. The van der Waals surface area contributed by atoms with E-state index in [1.54, 1.807) is 0 Å². The van der Waals surface area contributed by atoms with Crippen LogP contribution in [0.5, 0.6) is 0 Å². The zero-order valence-electron chi connectivity index (χ0n) is 11.7. The first kappa shape index (κ1) is 11.9. The molecule has 102 valence electrons. The van der Waals surface area contributed by atoms with Crippen molar-refractivity contribution >= 4 is 17.5 Å². The molecule has 1 saturated carbocycles. The van der Waals surface area contributed by atoms with Gasteiger partial charge in [-0.05, 0) is 49.8 Å². The largest absolute Gasteiger partial charge is 0.274 e. The lowest BCUT2D eigenvalue weighted by molar-refractivity contribution is -0.127. The summed E-state index contributed by atoms with van der Waals surface area (Å²) in [5.74, 6) is 0.278. The molecule has 3 nitrogen and oxygen atoms in total. The highest BCUT2D eigenvalue weighted by molar-refractivity contribution is 6.24. The number of carbonyl (C=O) groups is 2. The molecule has 2 amide bonds. The maximum absolute atomic E-state index is 12.9. The van der Waals surface area contributed by atoms with Crippen LogP contribution in [0.15, 0.2) is 36.4 Å². The van der Waals surface area contributed by atoms with Crippen LogP contribution in [0, 0.1) is 30.1 Å². The maximum Gasteiger partial charge on any atom is 0.241 e. The van der Waals surface area contributed by atoms with Crippen LogP contribution in [-0.4, -0.2) is 11.8 Å². The lowest BCUT2D eigenvalue weighted by Gasteiger charge is -2.28. The summed E-state index contributed by atoms with van der Waals surface area (Å²) in [6.07, 6.45) is 5.22. The molecular formula is C17H17NO2. The average Bonchev–Trinajstić information content (AvgIpc) is 3.03. The van der Waals surface area contributed by atoms with Gasteiger partial charge in [-0.1, -0.05) is 24.3 Å². The molecule has 1 aromatic carbocycles. The van der Waals surface area contributed by atoms with Gasteiger partial charge in [0.25, 0.3) is 0 Å². The highest BCUT2D eigenvalue weighted by Crippen LogP contribution is 2.60. The normalized spacial score (nSPS) is 37.9. The Labute approximate surface area is 118 Å². The van der Waals surface area contributed by atoms with Crippen molar-refractivity contribution in [1.82, 2.24) is 0 Å². The van der Waals surface area contributed by atoms with E-state index in [4.69, 9.17) is 0 Å². The predicted molar refractivity (Wildman–Crippen MR) is 76.0 cm³/mol. The number of hydrogen-bond acceptors (Lipinski definition) is 2. The predicted octanol–water partition coefficient (Wildman–Crippen LogP) is 2.70. The second-order valence-electron chi connectivity index (χ2n) is 6.47. The third-order valence-corrected chi connectivity index (χ3v) is 5.37. The van der Waals surface area contributed by atoms with Crippen molar-refractivity contribution in [2.75, 3.05) is 4.90 Å². The molecule has 0 unspecified atom stereocenters. The van der Waals surface area contributed by atoms with Gasteiger partial charge < -0.3 is 0 Å². The van der Waals surface area contributed by atoms with Crippen molar-refractivity contribution < 1.29 is 9.59 Å². The van der Waals surface area contributed by atoms with Crippen molar-refractivity contribution in [3.63, 3.8) is 0 Å². The number of benzene rings is 1. The molecule has 1 saturated heterocycles. The van der Waals surface area contributed by atoms with Gasteiger partial charge >= 0.3 is 0 Å². The minimum atomic E-state index is -0.528.